The van der Waals surface area contributed by atoms with Crippen molar-refractivity contribution in [1.82, 2.24) is 9.29 Å². The molecule has 0 fully saturated rings. The Morgan fingerprint density at radius 3 is 2.62 bits per heavy atom. The van der Waals surface area contributed by atoms with Crippen molar-refractivity contribution in [2.75, 3.05) is 13.6 Å². The molecule has 2 N–H and O–H groups in total. The molecule has 2 aromatic heterocycles. The molecule has 0 amide bonds. The minimum atomic E-state index is -3.61. The van der Waals surface area contributed by atoms with Crippen molar-refractivity contribution in [3.63, 3.8) is 0 Å². The first-order valence-corrected chi connectivity index (χ1v) is 8.52. The number of hydrogen-bond donors (Lipinski definition) is 1. The van der Waals surface area contributed by atoms with Gasteiger partial charge in [0.15, 0.2) is 4.67 Å². The summed E-state index contributed by atoms with van der Waals surface area (Å²) in [5.74, 6) is 0.419. The molecule has 0 atom stereocenters. The van der Waals surface area contributed by atoms with E-state index in [2.05, 4.69) is 20.9 Å². The number of nitrogens with two attached hydrogens (primary N) is 1. The Labute approximate surface area is 132 Å². The summed E-state index contributed by atoms with van der Waals surface area (Å²) in [4.78, 5) is 4.03. The Hall–Kier alpha value is -1.22. The number of rotatable bonds is 6. The molecule has 0 aliphatic carbocycles. The summed E-state index contributed by atoms with van der Waals surface area (Å²) in [5, 5.41) is 0. The average Bonchev–Trinajstić information content (AvgIpc) is 2.87. The second-order valence-corrected chi connectivity index (χ2v) is 7.22. The zero-order valence-corrected chi connectivity index (χ0v) is 13.9. The molecule has 0 aromatic carbocycles. The quantitative estimate of drug-likeness (QED) is 0.832. The molecule has 0 aliphatic heterocycles. The number of halogens is 1. The Kier molecular flexibility index (Phi) is 5.15. The number of nitrogens with zero attached hydrogens (tertiary/aromatic N) is 2. The van der Waals surface area contributed by atoms with Gasteiger partial charge >= 0.3 is 0 Å². The van der Waals surface area contributed by atoms with Crippen LogP contribution in [0.15, 0.2) is 44.6 Å². The van der Waals surface area contributed by atoms with Crippen LogP contribution in [0.1, 0.15) is 11.3 Å². The molecule has 0 unspecified atom stereocenters. The summed E-state index contributed by atoms with van der Waals surface area (Å²) >= 11 is 3.12. The number of hydrogen-bond acceptors (Lipinski definition) is 5. The van der Waals surface area contributed by atoms with Gasteiger partial charge in [-0.3, -0.25) is 4.98 Å². The highest BCUT2D eigenvalue weighted by molar-refractivity contribution is 9.10. The maximum absolute atomic E-state index is 12.5. The van der Waals surface area contributed by atoms with Crippen LogP contribution in [0.2, 0.25) is 0 Å². The van der Waals surface area contributed by atoms with E-state index in [0.717, 1.165) is 5.56 Å². The van der Waals surface area contributed by atoms with Gasteiger partial charge in [-0.1, -0.05) is 0 Å². The van der Waals surface area contributed by atoms with Gasteiger partial charge in [0.05, 0.1) is 6.54 Å². The molecule has 0 radical (unpaired) electrons. The van der Waals surface area contributed by atoms with Crippen molar-refractivity contribution in [3.05, 3.63) is 46.6 Å². The molecule has 2 aromatic rings. The Bertz CT molecular complexity index is 701. The highest BCUT2D eigenvalue weighted by Gasteiger charge is 2.26. The Morgan fingerprint density at radius 2 is 2.05 bits per heavy atom. The fourth-order valence-electron chi connectivity index (χ4n) is 1.80. The van der Waals surface area contributed by atoms with E-state index in [-0.39, 0.29) is 16.1 Å². The van der Waals surface area contributed by atoms with Crippen molar-refractivity contribution >= 4 is 26.0 Å². The van der Waals surface area contributed by atoms with Crippen LogP contribution in [0.25, 0.3) is 0 Å². The Balaban J connectivity index is 2.13. The second-order valence-electron chi connectivity index (χ2n) is 4.49. The molecule has 6 nitrogen and oxygen atoms in total. The van der Waals surface area contributed by atoms with E-state index in [9.17, 15) is 8.42 Å². The lowest BCUT2D eigenvalue weighted by Gasteiger charge is -2.16. The molecular formula is C13H16BrN3O3S. The molecule has 0 spiro atoms. The predicted octanol–water partition coefficient (Wildman–Crippen LogP) is 1.76. The molecule has 0 aliphatic rings. The summed E-state index contributed by atoms with van der Waals surface area (Å²) in [6.07, 6.45) is 3.98. The molecule has 8 heteroatoms. The van der Waals surface area contributed by atoms with Crippen LogP contribution in [0.4, 0.5) is 0 Å². The normalized spacial score (nSPS) is 12.0. The van der Waals surface area contributed by atoms with E-state index in [1.807, 2.05) is 12.1 Å². The smallest absolute Gasteiger partial charge is 0.247 e. The second kappa shape index (κ2) is 6.69. The van der Waals surface area contributed by atoms with Crippen molar-refractivity contribution < 1.29 is 12.8 Å². The molecule has 2 rings (SSSR count). The van der Waals surface area contributed by atoms with Crippen molar-refractivity contribution in [3.8, 4) is 0 Å². The first-order valence-electron chi connectivity index (χ1n) is 6.28. The third-order valence-corrected chi connectivity index (χ3v) is 5.77. The highest BCUT2D eigenvalue weighted by atomic mass is 79.9. The minimum Gasteiger partial charge on any atom is -0.452 e. The third kappa shape index (κ3) is 3.70. The van der Waals surface area contributed by atoms with Crippen molar-refractivity contribution in [2.24, 2.45) is 5.73 Å². The summed E-state index contributed by atoms with van der Waals surface area (Å²) in [6, 6.07) is 5.17. The molecular weight excluding hydrogens is 358 g/mol. The SMILES string of the molecule is CN(CCc1ccncc1)S(=O)(=O)c1cc(CN)oc1Br. The number of sulfonamides is 1. The molecule has 114 valence electrons. The fraction of sp³-hybridized carbons (Fsp3) is 0.308. The molecule has 2 heterocycles. The Morgan fingerprint density at radius 1 is 1.38 bits per heavy atom. The van der Waals surface area contributed by atoms with Crippen LogP contribution in [-0.4, -0.2) is 31.3 Å². The molecule has 21 heavy (non-hydrogen) atoms. The lowest BCUT2D eigenvalue weighted by Crippen LogP contribution is -2.29. The van der Waals surface area contributed by atoms with Gasteiger partial charge in [0.2, 0.25) is 10.0 Å². The number of likely N-dealkylation sites (N-methyl/N-ethyl adjacent to an activating group) is 1. The monoisotopic (exact) mass is 373 g/mol. The van der Waals surface area contributed by atoms with E-state index in [0.29, 0.717) is 18.7 Å². The van der Waals surface area contributed by atoms with E-state index in [4.69, 9.17) is 10.2 Å². The largest absolute Gasteiger partial charge is 0.452 e. The van der Waals surface area contributed by atoms with E-state index < -0.39 is 10.0 Å². The van der Waals surface area contributed by atoms with Gasteiger partial charge in [0, 0.05) is 32.1 Å². The summed E-state index contributed by atoms with van der Waals surface area (Å²) < 4.78 is 31.7. The van der Waals surface area contributed by atoms with Crippen LogP contribution in [0.3, 0.4) is 0 Å². The van der Waals surface area contributed by atoms with E-state index in [1.54, 1.807) is 12.4 Å². The number of aromatic nitrogens is 1. The van der Waals surface area contributed by atoms with Gasteiger partial charge in [0.1, 0.15) is 10.7 Å². The topological polar surface area (TPSA) is 89.4 Å². The van der Waals surface area contributed by atoms with Crippen LogP contribution in [0.5, 0.6) is 0 Å². The summed E-state index contributed by atoms with van der Waals surface area (Å²) in [5.41, 5.74) is 6.49. The zero-order valence-electron chi connectivity index (χ0n) is 11.5. The third-order valence-electron chi connectivity index (χ3n) is 3.06. The summed E-state index contributed by atoms with van der Waals surface area (Å²) in [7, 11) is -2.07. The van der Waals surface area contributed by atoms with Crippen molar-refractivity contribution in [2.45, 2.75) is 17.9 Å². The van der Waals surface area contributed by atoms with Crippen LogP contribution >= 0.6 is 15.9 Å². The zero-order chi connectivity index (χ0) is 15.5. The molecule has 0 saturated heterocycles. The van der Waals surface area contributed by atoms with Gasteiger partial charge in [-0.2, -0.15) is 0 Å². The van der Waals surface area contributed by atoms with Crippen molar-refractivity contribution in [1.29, 1.82) is 0 Å². The molecule has 0 bridgehead atoms. The number of furan rings is 1. The first-order chi connectivity index (χ1) is 9.95. The van der Waals surface area contributed by atoms with Gasteiger partial charge < -0.3 is 10.2 Å². The average molecular weight is 374 g/mol. The lowest BCUT2D eigenvalue weighted by molar-refractivity contribution is 0.462. The predicted molar refractivity (Wildman–Crippen MR) is 82.1 cm³/mol. The lowest BCUT2D eigenvalue weighted by atomic mass is 10.2. The van der Waals surface area contributed by atoms with E-state index in [1.165, 1.54) is 17.4 Å². The highest BCUT2D eigenvalue weighted by Crippen LogP contribution is 2.28. The van der Waals surface area contributed by atoms with Gasteiger partial charge in [-0.05, 0) is 40.0 Å². The van der Waals surface area contributed by atoms with Crippen LogP contribution < -0.4 is 5.73 Å². The van der Waals surface area contributed by atoms with Gasteiger partial charge in [0.25, 0.3) is 0 Å². The number of pyridine rings is 1. The fourth-order valence-corrected chi connectivity index (χ4v) is 3.93. The first kappa shape index (κ1) is 16.2. The van der Waals surface area contributed by atoms with Gasteiger partial charge in [-0.25, -0.2) is 12.7 Å². The maximum atomic E-state index is 12.5. The van der Waals surface area contributed by atoms with Crippen LogP contribution in [-0.2, 0) is 23.0 Å². The van der Waals surface area contributed by atoms with E-state index >= 15 is 0 Å². The summed E-state index contributed by atoms with van der Waals surface area (Å²) in [6.45, 7) is 0.511. The molecule has 0 saturated carbocycles. The van der Waals surface area contributed by atoms with Gasteiger partial charge in [-0.15, -0.1) is 0 Å². The maximum Gasteiger partial charge on any atom is 0.247 e. The standard InChI is InChI=1S/C13H16BrN3O3S/c1-17(7-4-10-2-5-16-6-3-10)21(18,19)12-8-11(9-15)20-13(12)14/h2-3,5-6,8H,4,7,9,15H2,1H3. The minimum absolute atomic E-state index is 0.0974. The van der Waals surface area contributed by atoms with Crippen LogP contribution in [0, 0.1) is 0 Å².